The van der Waals surface area contributed by atoms with Gasteiger partial charge in [0.05, 0.1) is 11.8 Å². The molecule has 4 rings (SSSR count). The molecule has 0 spiro atoms. The van der Waals surface area contributed by atoms with Crippen molar-refractivity contribution in [3.63, 3.8) is 0 Å². The van der Waals surface area contributed by atoms with Gasteiger partial charge in [-0.15, -0.1) is 0 Å². The number of rotatable bonds is 8. The first-order valence-corrected chi connectivity index (χ1v) is 11.6. The second-order valence-electron chi connectivity index (χ2n) is 7.59. The maximum Gasteiger partial charge on any atom is 0.258 e. The van der Waals surface area contributed by atoms with Gasteiger partial charge in [-0.3, -0.25) is 4.79 Å². The number of amides is 1. The smallest absolute Gasteiger partial charge is 0.258 e. The Morgan fingerprint density at radius 1 is 1.16 bits per heavy atom. The van der Waals surface area contributed by atoms with Crippen molar-refractivity contribution in [1.82, 2.24) is 9.69 Å². The Bertz CT molecular complexity index is 983. The van der Waals surface area contributed by atoms with E-state index in [1.54, 1.807) is 0 Å². The van der Waals surface area contributed by atoms with E-state index in [9.17, 15) is 4.79 Å². The number of carbonyl (C=O) groups is 1. The van der Waals surface area contributed by atoms with Crippen LogP contribution in [-0.4, -0.2) is 36.1 Å². The Balaban J connectivity index is 1.25. The third-order valence-electron chi connectivity index (χ3n) is 5.17. The fourth-order valence-corrected chi connectivity index (χ4v) is 4.35. The summed E-state index contributed by atoms with van der Waals surface area (Å²) in [5.41, 5.74) is 3.16. The number of halogens is 1. The predicted molar refractivity (Wildman–Crippen MR) is 124 cm³/mol. The number of aromatic nitrogens is 1. The fraction of sp³-hybridized carbons (Fsp3) is 0.333. The van der Waals surface area contributed by atoms with E-state index in [2.05, 4.69) is 15.8 Å². The third-order valence-corrected chi connectivity index (χ3v) is 6.21. The summed E-state index contributed by atoms with van der Waals surface area (Å²) in [6, 6.07) is 17.6. The van der Waals surface area contributed by atoms with Gasteiger partial charge in [0.1, 0.15) is 5.75 Å². The van der Waals surface area contributed by atoms with E-state index in [-0.39, 0.29) is 18.6 Å². The van der Waals surface area contributed by atoms with Gasteiger partial charge in [0.2, 0.25) is 0 Å². The molecule has 1 aliphatic rings. The maximum atomic E-state index is 12.0. The highest BCUT2D eigenvalue weighted by molar-refractivity contribution is 7.06. The van der Waals surface area contributed by atoms with Gasteiger partial charge in [0.25, 0.3) is 5.91 Å². The first-order chi connectivity index (χ1) is 15.2. The van der Waals surface area contributed by atoms with Crippen molar-refractivity contribution in [2.24, 2.45) is 0 Å². The van der Waals surface area contributed by atoms with Crippen molar-refractivity contribution in [3.05, 3.63) is 70.1 Å². The van der Waals surface area contributed by atoms with Crippen LogP contribution < -0.4 is 10.1 Å². The molecule has 1 saturated heterocycles. The molecule has 1 N–H and O–H groups in total. The number of nitrogens with one attached hydrogen (secondary N) is 1. The van der Waals surface area contributed by atoms with Gasteiger partial charge in [0.15, 0.2) is 6.61 Å². The van der Waals surface area contributed by atoms with Gasteiger partial charge in [-0.2, -0.15) is 4.37 Å². The molecule has 1 atom stereocenters. The van der Waals surface area contributed by atoms with Gasteiger partial charge in [-0.05, 0) is 78.8 Å². The number of ether oxygens (including phenoxy) is 2. The zero-order chi connectivity index (χ0) is 21.5. The molecule has 0 saturated carbocycles. The van der Waals surface area contributed by atoms with E-state index < -0.39 is 0 Å². The highest BCUT2D eigenvalue weighted by Gasteiger charge is 2.15. The molecule has 0 bridgehead atoms. The standard InChI is InChI=1S/C24H25ClN2O3S/c25-19-8-4-17(5-9-19)13-22-14-23(27-31-22)18-6-10-20(11-7-18)30-16-24(28)26-15-21-3-1-2-12-29-21/h4-11,14,21H,1-3,12-13,15-16H2,(H,26,28). The summed E-state index contributed by atoms with van der Waals surface area (Å²) in [5, 5.41) is 3.62. The minimum Gasteiger partial charge on any atom is -0.484 e. The highest BCUT2D eigenvalue weighted by Crippen LogP contribution is 2.26. The Kier molecular flexibility index (Phi) is 7.57. The average Bonchev–Trinajstić information content (AvgIpc) is 3.27. The van der Waals surface area contributed by atoms with Gasteiger partial charge < -0.3 is 14.8 Å². The van der Waals surface area contributed by atoms with Crippen LogP contribution in [0.3, 0.4) is 0 Å². The second kappa shape index (κ2) is 10.8. The number of hydrogen-bond donors (Lipinski definition) is 1. The van der Waals surface area contributed by atoms with E-state index in [0.717, 1.165) is 48.6 Å². The second-order valence-corrected chi connectivity index (χ2v) is 8.91. The van der Waals surface area contributed by atoms with Crippen LogP contribution in [0.25, 0.3) is 11.3 Å². The van der Waals surface area contributed by atoms with Crippen LogP contribution in [0.1, 0.15) is 29.7 Å². The normalized spacial score (nSPS) is 16.1. The Morgan fingerprint density at radius 3 is 2.71 bits per heavy atom. The van der Waals surface area contributed by atoms with Gasteiger partial charge in [0, 0.05) is 35.0 Å². The zero-order valence-electron chi connectivity index (χ0n) is 17.2. The third kappa shape index (κ3) is 6.53. The molecule has 3 aromatic rings. The zero-order valence-corrected chi connectivity index (χ0v) is 18.8. The largest absolute Gasteiger partial charge is 0.484 e. The van der Waals surface area contributed by atoms with Crippen LogP contribution >= 0.6 is 23.1 Å². The summed E-state index contributed by atoms with van der Waals surface area (Å²) < 4.78 is 15.8. The average molecular weight is 457 g/mol. The van der Waals surface area contributed by atoms with Crippen molar-refractivity contribution in [2.45, 2.75) is 31.8 Å². The fourth-order valence-electron chi connectivity index (χ4n) is 3.45. The van der Waals surface area contributed by atoms with Crippen LogP contribution in [-0.2, 0) is 16.0 Å². The van der Waals surface area contributed by atoms with E-state index in [1.807, 2.05) is 48.5 Å². The minimum atomic E-state index is -0.135. The molecular weight excluding hydrogens is 432 g/mol. The van der Waals surface area contributed by atoms with Crippen LogP contribution in [0, 0.1) is 0 Å². The number of nitrogens with zero attached hydrogens (tertiary/aromatic N) is 1. The van der Waals surface area contributed by atoms with Crippen LogP contribution in [0.5, 0.6) is 5.75 Å². The van der Waals surface area contributed by atoms with Crippen molar-refractivity contribution in [1.29, 1.82) is 0 Å². The molecule has 1 aliphatic heterocycles. The van der Waals surface area contributed by atoms with Gasteiger partial charge >= 0.3 is 0 Å². The summed E-state index contributed by atoms with van der Waals surface area (Å²) in [4.78, 5) is 13.2. The molecule has 2 aromatic carbocycles. The molecule has 1 aromatic heterocycles. The van der Waals surface area contributed by atoms with Crippen LogP contribution in [0.15, 0.2) is 54.6 Å². The number of benzene rings is 2. The lowest BCUT2D eigenvalue weighted by Gasteiger charge is -2.22. The first-order valence-electron chi connectivity index (χ1n) is 10.5. The predicted octanol–water partition coefficient (Wildman–Crippen LogP) is 5.12. The molecule has 0 aliphatic carbocycles. The van der Waals surface area contributed by atoms with E-state index >= 15 is 0 Å². The summed E-state index contributed by atoms with van der Waals surface area (Å²) in [6.07, 6.45) is 4.22. The van der Waals surface area contributed by atoms with Crippen LogP contribution in [0.4, 0.5) is 0 Å². The number of hydrogen-bond acceptors (Lipinski definition) is 5. The molecule has 31 heavy (non-hydrogen) atoms. The molecule has 2 heterocycles. The van der Waals surface area contributed by atoms with E-state index in [4.69, 9.17) is 21.1 Å². The summed E-state index contributed by atoms with van der Waals surface area (Å²) in [7, 11) is 0. The van der Waals surface area contributed by atoms with Crippen molar-refractivity contribution in [3.8, 4) is 17.0 Å². The van der Waals surface area contributed by atoms with Crippen molar-refractivity contribution < 1.29 is 14.3 Å². The molecular formula is C24H25ClN2O3S. The molecule has 1 unspecified atom stereocenters. The topological polar surface area (TPSA) is 60.5 Å². The van der Waals surface area contributed by atoms with Crippen molar-refractivity contribution >= 4 is 29.0 Å². The highest BCUT2D eigenvalue weighted by atomic mass is 35.5. The lowest BCUT2D eigenvalue weighted by atomic mass is 10.1. The lowest BCUT2D eigenvalue weighted by Crippen LogP contribution is -2.37. The van der Waals surface area contributed by atoms with Crippen LogP contribution in [0.2, 0.25) is 5.02 Å². The molecule has 5 nitrogen and oxygen atoms in total. The minimum absolute atomic E-state index is 0.00594. The molecule has 1 amide bonds. The first kappa shape index (κ1) is 21.8. The number of carbonyl (C=O) groups excluding carboxylic acids is 1. The summed E-state index contributed by atoms with van der Waals surface area (Å²) in [5.74, 6) is 0.522. The Labute approximate surface area is 191 Å². The lowest BCUT2D eigenvalue weighted by molar-refractivity contribution is -0.124. The van der Waals surface area contributed by atoms with Crippen molar-refractivity contribution in [2.75, 3.05) is 19.8 Å². The Hall–Kier alpha value is -2.41. The van der Waals surface area contributed by atoms with Gasteiger partial charge in [-0.25, -0.2) is 0 Å². The molecule has 162 valence electrons. The van der Waals surface area contributed by atoms with E-state index in [1.165, 1.54) is 22.0 Å². The van der Waals surface area contributed by atoms with E-state index in [0.29, 0.717) is 12.3 Å². The van der Waals surface area contributed by atoms with Gasteiger partial charge in [-0.1, -0.05) is 23.7 Å². The monoisotopic (exact) mass is 456 g/mol. The quantitative estimate of drug-likeness (QED) is 0.511. The maximum absolute atomic E-state index is 12.0. The molecule has 0 radical (unpaired) electrons. The summed E-state index contributed by atoms with van der Waals surface area (Å²) in [6.45, 7) is 1.32. The Morgan fingerprint density at radius 2 is 1.97 bits per heavy atom. The molecule has 7 heteroatoms. The molecule has 1 fully saturated rings. The summed E-state index contributed by atoms with van der Waals surface area (Å²) >= 11 is 7.45. The SMILES string of the molecule is O=C(COc1ccc(-c2cc(Cc3ccc(Cl)cc3)sn2)cc1)NCC1CCCCO1.